The second kappa shape index (κ2) is 7.07. The van der Waals surface area contributed by atoms with E-state index in [2.05, 4.69) is 11.8 Å². The Bertz CT molecular complexity index is 256. The van der Waals surface area contributed by atoms with E-state index in [1.54, 1.807) is 0 Å². The van der Waals surface area contributed by atoms with Gasteiger partial charge in [-0.15, -0.1) is 0 Å². The van der Waals surface area contributed by atoms with Crippen molar-refractivity contribution in [2.45, 2.75) is 44.6 Å². The summed E-state index contributed by atoms with van der Waals surface area (Å²) in [5.74, 6) is -1.06. The normalized spacial score (nSPS) is 28.6. The van der Waals surface area contributed by atoms with Gasteiger partial charge in [0.15, 0.2) is 0 Å². The van der Waals surface area contributed by atoms with Gasteiger partial charge in [0.1, 0.15) is 0 Å². The fourth-order valence-corrected chi connectivity index (χ4v) is 2.70. The topological polar surface area (TPSA) is 81.0 Å². The molecule has 0 amide bonds. The third-order valence-electron chi connectivity index (χ3n) is 3.74. The van der Waals surface area contributed by atoms with Crippen molar-refractivity contribution in [1.82, 2.24) is 4.90 Å². The number of carboxylic acid groups (broad SMARTS) is 1. The molecule has 0 bridgehead atoms. The van der Waals surface area contributed by atoms with Gasteiger partial charge in [0, 0.05) is 13.1 Å². The Balaban J connectivity index is 2.47. The standard InChI is InChI=1S/C13H25NO4/c1-2-7-14(8-9-15)10-13(18)5-3-11(4-6-13)12(16)17/h11,15,18H,2-10H2,1H3,(H,16,17). The monoisotopic (exact) mass is 259 g/mol. The Morgan fingerprint density at radius 1 is 1.33 bits per heavy atom. The first kappa shape index (κ1) is 15.4. The van der Waals surface area contributed by atoms with Gasteiger partial charge in [-0.2, -0.15) is 0 Å². The fraction of sp³-hybridized carbons (Fsp3) is 0.923. The molecule has 0 spiro atoms. The lowest BCUT2D eigenvalue weighted by Crippen LogP contribution is -2.47. The SMILES string of the molecule is CCCN(CCO)CC1(O)CCC(C(=O)O)CC1. The highest BCUT2D eigenvalue weighted by atomic mass is 16.4. The van der Waals surface area contributed by atoms with Gasteiger partial charge in [0.25, 0.3) is 0 Å². The van der Waals surface area contributed by atoms with Crippen LogP contribution in [0.3, 0.4) is 0 Å². The molecule has 0 aliphatic heterocycles. The van der Waals surface area contributed by atoms with Crippen LogP contribution in [0.1, 0.15) is 39.0 Å². The summed E-state index contributed by atoms with van der Waals surface area (Å²) in [5, 5.41) is 28.4. The van der Waals surface area contributed by atoms with Crippen LogP contribution in [0.2, 0.25) is 0 Å². The third-order valence-corrected chi connectivity index (χ3v) is 3.74. The van der Waals surface area contributed by atoms with Gasteiger partial charge in [0.2, 0.25) is 0 Å². The molecule has 1 aliphatic rings. The zero-order chi connectivity index (χ0) is 13.6. The van der Waals surface area contributed by atoms with E-state index >= 15 is 0 Å². The third kappa shape index (κ3) is 4.55. The van der Waals surface area contributed by atoms with Crippen LogP contribution in [0.15, 0.2) is 0 Å². The molecule has 0 unspecified atom stereocenters. The molecule has 3 N–H and O–H groups in total. The van der Waals surface area contributed by atoms with Crippen molar-refractivity contribution in [3.05, 3.63) is 0 Å². The van der Waals surface area contributed by atoms with E-state index in [1.807, 2.05) is 0 Å². The number of carboxylic acids is 1. The van der Waals surface area contributed by atoms with Gasteiger partial charge in [-0.1, -0.05) is 6.92 Å². The molecule has 1 saturated carbocycles. The number of aliphatic hydroxyl groups excluding tert-OH is 1. The second-order valence-corrected chi connectivity index (χ2v) is 5.34. The Morgan fingerprint density at radius 2 is 1.94 bits per heavy atom. The molecular formula is C13H25NO4. The quantitative estimate of drug-likeness (QED) is 0.627. The smallest absolute Gasteiger partial charge is 0.306 e. The van der Waals surface area contributed by atoms with E-state index in [0.717, 1.165) is 13.0 Å². The molecule has 0 radical (unpaired) electrons. The van der Waals surface area contributed by atoms with E-state index in [9.17, 15) is 9.90 Å². The maximum absolute atomic E-state index is 10.9. The molecule has 18 heavy (non-hydrogen) atoms. The summed E-state index contributed by atoms with van der Waals surface area (Å²) in [4.78, 5) is 12.9. The van der Waals surface area contributed by atoms with Gasteiger partial charge >= 0.3 is 5.97 Å². The molecule has 1 aliphatic carbocycles. The molecule has 5 heteroatoms. The second-order valence-electron chi connectivity index (χ2n) is 5.34. The van der Waals surface area contributed by atoms with Gasteiger partial charge in [0.05, 0.1) is 18.1 Å². The average molecular weight is 259 g/mol. The number of rotatable bonds is 7. The van der Waals surface area contributed by atoms with Gasteiger partial charge in [-0.3, -0.25) is 9.69 Å². The van der Waals surface area contributed by atoms with Crippen molar-refractivity contribution < 1.29 is 20.1 Å². The van der Waals surface area contributed by atoms with Crippen LogP contribution < -0.4 is 0 Å². The van der Waals surface area contributed by atoms with Crippen LogP contribution in [-0.4, -0.2) is 58.0 Å². The summed E-state index contributed by atoms with van der Waals surface area (Å²) < 4.78 is 0. The Morgan fingerprint density at radius 3 is 2.39 bits per heavy atom. The average Bonchev–Trinajstić information content (AvgIpc) is 2.29. The summed E-state index contributed by atoms with van der Waals surface area (Å²) >= 11 is 0. The number of hydrogen-bond acceptors (Lipinski definition) is 4. The summed E-state index contributed by atoms with van der Waals surface area (Å²) in [6.07, 6.45) is 3.15. The van der Waals surface area contributed by atoms with E-state index in [0.29, 0.717) is 38.8 Å². The summed E-state index contributed by atoms with van der Waals surface area (Å²) in [6, 6.07) is 0. The molecule has 0 aromatic rings. The van der Waals surface area contributed by atoms with Crippen LogP contribution in [0.25, 0.3) is 0 Å². The first-order chi connectivity index (χ1) is 8.50. The minimum absolute atomic E-state index is 0.0911. The molecule has 5 nitrogen and oxygen atoms in total. The van der Waals surface area contributed by atoms with Crippen LogP contribution in [0.4, 0.5) is 0 Å². The summed E-state index contributed by atoms with van der Waals surface area (Å²) in [6.45, 7) is 4.11. The number of hydrogen-bond donors (Lipinski definition) is 3. The van der Waals surface area contributed by atoms with E-state index in [-0.39, 0.29) is 12.5 Å². The summed E-state index contributed by atoms with van der Waals surface area (Å²) in [7, 11) is 0. The van der Waals surface area contributed by atoms with Gasteiger partial charge in [-0.25, -0.2) is 0 Å². The van der Waals surface area contributed by atoms with Gasteiger partial charge < -0.3 is 15.3 Å². The van der Waals surface area contributed by atoms with E-state index < -0.39 is 11.6 Å². The van der Waals surface area contributed by atoms with Crippen molar-refractivity contribution in [1.29, 1.82) is 0 Å². The van der Waals surface area contributed by atoms with Crippen molar-refractivity contribution in [2.75, 3.05) is 26.2 Å². The first-order valence-corrected chi connectivity index (χ1v) is 6.79. The molecular weight excluding hydrogens is 234 g/mol. The van der Waals surface area contributed by atoms with Crippen LogP contribution >= 0.6 is 0 Å². The highest BCUT2D eigenvalue weighted by Gasteiger charge is 2.36. The van der Waals surface area contributed by atoms with Crippen LogP contribution in [0, 0.1) is 5.92 Å². The zero-order valence-corrected chi connectivity index (χ0v) is 11.1. The van der Waals surface area contributed by atoms with E-state index in [4.69, 9.17) is 10.2 Å². The van der Waals surface area contributed by atoms with Crippen LogP contribution in [0.5, 0.6) is 0 Å². The first-order valence-electron chi connectivity index (χ1n) is 6.79. The van der Waals surface area contributed by atoms with Crippen molar-refractivity contribution in [3.63, 3.8) is 0 Å². The molecule has 0 atom stereocenters. The highest BCUT2D eigenvalue weighted by molar-refractivity contribution is 5.70. The molecule has 0 heterocycles. The van der Waals surface area contributed by atoms with Crippen molar-refractivity contribution in [3.8, 4) is 0 Å². The van der Waals surface area contributed by atoms with E-state index in [1.165, 1.54) is 0 Å². The lowest BCUT2D eigenvalue weighted by Gasteiger charge is -2.38. The van der Waals surface area contributed by atoms with Gasteiger partial charge in [-0.05, 0) is 38.6 Å². The Hall–Kier alpha value is -0.650. The number of carbonyl (C=O) groups is 1. The highest BCUT2D eigenvalue weighted by Crippen LogP contribution is 2.32. The number of nitrogens with zero attached hydrogens (tertiary/aromatic N) is 1. The molecule has 1 fully saturated rings. The number of aliphatic carboxylic acids is 1. The largest absolute Gasteiger partial charge is 0.481 e. The molecule has 0 saturated heterocycles. The molecule has 0 aromatic carbocycles. The predicted molar refractivity (Wildman–Crippen MR) is 68.4 cm³/mol. The lowest BCUT2D eigenvalue weighted by atomic mass is 9.78. The predicted octanol–water partition coefficient (Wildman–Crippen LogP) is 0.697. The maximum Gasteiger partial charge on any atom is 0.306 e. The van der Waals surface area contributed by atoms with Crippen LogP contribution in [-0.2, 0) is 4.79 Å². The molecule has 106 valence electrons. The minimum atomic E-state index is -0.781. The zero-order valence-electron chi connectivity index (χ0n) is 11.1. The summed E-state index contributed by atoms with van der Waals surface area (Å²) in [5.41, 5.74) is -0.781. The number of aliphatic hydroxyl groups is 2. The molecule has 1 rings (SSSR count). The minimum Gasteiger partial charge on any atom is -0.481 e. The Labute approximate surface area is 108 Å². The Kier molecular flexibility index (Phi) is 6.05. The molecule has 0 aromatic heterocycles. The van der Waals surface area contributed by atoms with Crippen molar-refractivity contribution in [2.24, 2.45) is 5.92 Å². The fourth-order valence-electron chi connectivity index (χ4n) is 2.70. The lowest BCUT2D eigenvalue weighted by molar-refractivity contribution is -0.145. The maximum atomic E-state index is 10.9. The van der Waals surface area contributed by atoms with Crippen molar-refractivity contribution >= 4 is 5.97 Å².